The Labute approximate surface area is 68.4 Å². The average Bonchev–Trinajstić information content (AvgIpc) is 2.55. The summed E-state index contributed by atoms with van der Waals surface area (Å²) < 4.78 is 0. The molecule has 2 nitrogen and oxygen atoms in total. The van der Waals surface area contributed by atoms with Crippen LogP contribution in [0.5, 0.6) is 0 Å². The molecule has 2 heteroatoms. The second-order valence-electron chi connectivity index (χ2n) is 3.55. The molecule has 2 fully saturated rings. The van der Waals surface area contributed by atoms with Gasteiger partial charge in [-0.15, -0.1) is 0 Å². The molecule has 0 bridgehead atoms. The molecule has 0 spiro atoms. The highest BCUT2D eigenvalue weighted by molar-refractivity contribution is 5.02. The van der Waals surface area contributed by atoms with Crippen LogP contribution < -0.4 is 0 Å². The standard InChI is InChI=1S/C9H16N2/c1-9-4-7-11(8-9)10-5-2-3-6-10/h1-8H2. The second-order valence-corrected chi connectivity index (χ2v) is 3.55. The van der Waals surface area contributed by atoms with Gasteiger partial charge < -0.3 is 0 Å². The van der Waals surface area contributed by atoms with Crippen LogP contribution in [0.25, 0.3) is 0 Å². The molecule has 0 aromatic heterocycles. The lowest BCUT2D eigenvalue weighted by Gasteiger charge is -2.26. The average molecular weight is 152 g/mol. The number of hydrazine groups is 1. The molecule has 0 atom stereocenters. The smallest absolute Gasteiger partial charge is 0.0341 e. The summed E-state index contributed by atoms with van der Waals surface area (Å²) in [6.07, 6.45) is 3.96. The van der Waals surface area contributed by atoms with Gasteiger partial charge >= 0.3 is 0 Å². The van der Waals surface area contributed by atoms with Crippen LogP contribution in [0.2, 0.25) is 0 Å². The number of nitrogens with zero attached hydrogens (tertiary/aromatic N) is 2. The molecule has 2 aliphatic heterocycles. The zero-order valence-corrected chi connectivity index (χ0v) is 7.05. The first-order valence-electron chi connectivity index (χ1n) is 4.53. The fraction of sp³-hybridized carbons (Fsp3) is 0.778. The van der Waals surface area contributed by atoms with Crippen molar-refractivity contribution < 1.29 is 0 Å². The molecule has 2 heterocycles. The summed E-state index contributed by atoms with van der Waals surface area (Å²) in [5, 5.41) is 4.94. The van der Waals surface area contributed by atoms with Crippen LogP contribution in [0.4, 0.5) is 0 Å². The summed E-state index contributed by atoms with van der Waals surface area (Å²) in [6.45, 7) is 8.87. The molecule has 0 N–H and O–H groups in total. The van der Waals surface area contributed by atoms with E-state index in [4.69, 9.17) is 0 Å². The van der Waals surface area contributed by atoms with Crippen molar-refractivity contribution in [2.45, 2.75) is 19.3 Å². The van der Waals surface area contributed by atoms with Crippen LogP contribution in [0.3, 0.4) is 0 Å². The Kier molecular flexibility index (Phi) is 1.96. The van der Waals surface area contributed by atoms with E-state index in [0.717, 1.165) is 6.54 Å². The van der Waals surface area contributed by atoms with Crippen LogP contribution in [-0.2, 0) is 0 Å². The number of hydrogen-bond donors (Lipinski definition) is 0. The van der Waals surface area contributed by atoms with Crippen LogP contribution in [0, 0.1) is 0 Å². The quantitative estimate of drug-likeness (QED) is 0.522. The first-order valence-corrected chi connectivity index (χ1v) is 4.53. The predicted octanol–water partition coefficient (Wildman–Crippen LogP) is 1.26. The van der Waals surface area contributed by atoms with Gasteiger partial charge in [-0.3, -0.25) is 0 Å². The van der Waals surface area contributed by atoms with Gasteiger partial charge in [0.15, 0.2) is 0 Å². The zero-order valence-electron chi connectivity index (χ0n) is 7.05. The summed E-state index contributed by atoms with van der Waals surface area (Å²) in [4.78, 5) is 0. The van der Waals surface area contributed by atoms with Crippen molar-refractivity contribution in [3.63, 3.8) is 0 Å². The third-order valence-electron chi connectivity index (χ3n) is 2.61. The Morgan fingerprint density at radius 3 is 2.27 bits per heavy atom. The molecular weight excluding hydrogens is 136 g/mol. The van der Waals surface area contributed by atoms with Gasteiger partial charge in [0.25, 0.3) is 0 Å². The van der Waals surface area contributed by atoms with Gasteiger partial charge in [0.1, 0.15) is 0 Å². The van der Waals surface area contributed by atoms with E-state index in [1.807, 2.05) is 0 Å². The zero-order chi connectivity index (χ0) is 7.68. The Hall–Kier alpha value is -0.340. The maximum Gasteiger partial charge on any atom is 0.0341 e. The summed E-state index contributed by atoms with van der Waals surface area (Å²) in [6, 6.07) is 0. The maximum atomic E-state index is 4.01. The third kappa shape index (κ3) is 1.47. The van der Waals surface area contributed by atoms with Crippen molar-refractivity contribution in [1.29, 1.82) is 0 Å². The van der Waals surface area contributed by atoms with Gasteiger partial charge in [-0.05, 0) is 19.3 Å². The van der Waals surface area contributed by atoms with Crippen LogP contribution >= 0.6 is 0 Å². The summed E-state index contributed by atoms with van der Waals surface area (Å²) in [5.74, 6) is 0. The summed E-state index contributed by atoms with van der Waals surface area (Å²) in [7, 11) is 0. The first kappa shape index (κ1) is 7.32. The maximum absolute atomic E-state index is 4.01. The molecule has 0 amide bonds. The monoisotopic (exact) mass is 152 g/mol. The fourth-order valence-electron chi connectivity index (χ4n) is 1.93. The Morgan fingerprint density at radius 2 is 1.73 bits per heavy atom. The van der Waals surface area contributed by atoms with Crippen molar-refractivity contribution in [2.75, 3.05) is 26.2 Å². The minimum absolute atomic E-state index is 1.11. The van der Waals surface area contributed by atoms with Crippen molar-refractivity contribution in [3.05, 3.63) is 12.2 Å². The summed E-state index contributed by atoms with van der Waals surface area (Å²) in [5.41, 5.74) is 1.40. The van der Waals surface area contributed by atoms with Crippen LogP contribution in [-0.4, -0.2) is 36.2 Å². The van der Waals surface area contributed by atoms with Crippen molar-refractivity contribution in [1.82, 2.24) is 10.0 Å². The van der Waals surface area contributed by atoms with Gasteiger partial charge in [0.2, 0.25) is 0 Å². The highest BCUT2D eigenvalue weighted by Crippen LogP contribution is 2.19. The van der Waals surface area contributed by atoms with E-state index >= 15 is 0 Å². The molecule has 62 valence electrons. The van der Waals surface area contributed by atoms with Crippen molar-refractivity contribution in [2.24, 2.45) is 0 Å². The number of hydrogen-bond acceptors (Lipinski definition) is 2. The fourth-order valence-corrected chi connectivity index (χ4v) is 1.93. The largest absolute Gasteiger partial charge is 0.241 e. The van der Waals surface area contributed by atoms with E-state index in [1.54, 1.807) is 0 Å². The molecule has 2 aliphatic rings. The normalized spacial score (nSPS) is 28.5. The van der Waals surface area contributed by atoms with E-state index in [2.05, 4.69) is 16.6 Å². The molecule has 2 rings (SSSR count). The van der Waals surface area contributed by atoms with E-state index in [0.29, 0.717) is 0 Å². The lowest BCUT2D eigenvalue weighted by atomic mass is 10.3. The Balaban J connectivity index is 1.90. The van der Waals surface area contributed by atoms with Gasteiger partial charge in [-0.2, -0.15) is 0 Å². The lowest BCUT2D eigenvalue weighted by molar-refractivity contribution is 0.0249. The van der Waals surface area contributed by atoms with Gasteiger partial charge in [0.05, 0.1) is 0 Å². The Morgan fingerprint density at radius 1 is 1.00 bits per heavy atom. The lowest BCUT2D eigenvalue weighted by Crippen LogP contribution is -2.38. The third-order valence-corrected chi connectivity index (χ3v) is 2.61. The molecule has 2 saturated heterocycles. The van der Waals surface area contributed by atoms with E-state index in [-0.39, 0.29) is 0 Å². The molecule has 0 aliphatic carbocycles. The predicted molar refractivity (Wildman–Crippen MR) is 46.1 cm³/mol. The van der Waals surface area contributed by atoms with Crippen LogP contribution in [0.15, 0.2) is 12.2 Å². The highest BCUT2D eigenvalue weighted by Gasteiger charge is 2.23. The molecule has 0 saturated carbocycles. The molecule has 0 aromatic rings. The topological polar surface area (TPSA) is 6.48 Å². The van der Waals surface area contributed by atoms with E-state index in [1.165, 1.54) is 44.5 Å². The molecule has 0 radical (unpaired) electrons. The van der Waals surface area contributed by atoms with Gasteiger partial charge in [0, 0.05) is 26.2 Å². The SMILES string of the molecule is C=C1CCN(N2CCCC2)C1. The van der Waals surface area contributed by atoms with E-state index in [9.17, 15) is 0 Å². The minimum atomic E-state index is 1.11. The second kappa shape index (κ2) is 2.95. The number of rotatable bonds is 1. The van der Waals surface area contributed by atoms with Crippen molar-refractivity contribution in [3.8, 4) is 0 Å². The summed E-state index contributed by atoms with van der Waals surface area (Å²) >= 11 is 0. The first-order chi connectivity index (χ1) is 5.36. The molecule has 0 unspecified atom stereocenters. The minimum Gasteiger partial charge on any atom is -0.241 e. The van der Waals surface area contributed by atoms with Crippen LogP contribution in [0.1, 0.15) is 19.3 Å². The van der Waals surface area contributed by atoms with Crippen molar-refractivity contribution >= 4 is 0 Å². The molecular formula is C9H16N2. The molecule has 11 heavy (non-hydrogen) atoms. The van der Waals surface area contributed by atoms with Gasteiger partial charge in [-0.1, -0.05) is 12.2 Å². The van der Waals surface area contributed by atoms with Gasteiger partial charge in [-0.25, -0.2) is 10.0 Å². The Bertz CT molecular complexity index is 159. The highest BCUT2D eigenvalue weighted by atomic mass is 15.6. The molecule has 0 aromatic carbocycles. The van der Waals surface area contributed by atoms with E-state index < -0.39 is 0 Å².